The van der Waals surface area contributed by atoms with Crippen LogP contribution in [0.3, 0.4) is 0 Å². The number of ether oxygens (including phenoxy) is 2. The Labute approximate surface area is 227 Å². The van der Waals surface area contributed by atoms with Gasteiger partial charge in [-0.3, -0.25) is 9.10 Å². The van der Waals surface area contributed by atoms with Crippen molar-refractivity contribution in [3.63, 3.8) is 0 Å². The lowest BCUT2D eigenvalue weighted by atomic mass is 10.3. The van der Waals surface area contributed by atoms with Crippen LogP contribution in [0.1, 0.15) is 0 Å². The van der Waals surface area contributed by atoms with Crippen LogP contribution in [-0.4, -0.2) is 67.9 Å². The number of amides is 1. The standard InChI is InChI=1S/C25H28ClN3O7S2/c1-28(2)37(31,32)23-14-10-22(11-15-23)36-17-16-27-25(30)18-29(20-6-4-19(26)5-7-20)38(33,34)24-12-8-21(35-3)9-13-24/h4-15H,16-18H2,1-3H3,(H,27,30). The van der Waals surface area contributed by atoms with Crippen LogP contribution in [0, 0.1) is 0 Å². The molecule has 3 aromatic rings. The molecule has 0 aliphatic rings. The second-order valence-corrected chi connectivity index (χ2v) is 12.6. The van der Waals surface area contributed by atoms with Crippen LogP contribution in [0.25, 0.3) is 0 Å². The SMILES string of the molecule is COc1ccc(S(=O)(=O)N(CC(=O)NCCOc2ccc(S(=O)(=O)N(C)C)cc2)c2ccc(Cl)cc2)cc1. The number of hydrogen-bond donors (Lipinski definition) is 1. The lowest BCUT2D eigenvalue weighted by Gasteiger charge is -2.24. The largest absolute Gasteiger partial charge is 0.497 e. The summed E-state index contributed by atoms with van der Waals surface area (Å²) in [6.45, 7) is -0.307. The molecule has 13 heteroatoms. The molecule has 0 atom stereocenters. The van der Waals surface area contributed by atoms with Crippen molar-refractivity contribution < 1.29 is 31.1 Å². The topological polar surface area (TPSA) is 122 Å². The van der Waals surface area contributed by atoms with Gasteiger partial charge in [0.1, 0.15) is 24.7 Å². The quantitative estimate of drug-likeness (QED) is 0.326. The zero-order valence-corrected chi connectivity index (χ0v) is 23.4. The minimum absolute atomic E-state index is 0.0101. The molecule has 0 unspecified atom stereocenters. The fourth-order valence-corrected chi connectivity index (χ4v) is 5.71. The van der Waals surface area contributed by atoms with Gasteiger partial charge in [-0.1, -0.05) is 11.6 Å². The predicted octanol–water partition coefficient (Wildman–Crippen LogP) is 2.99. The number of sulfonamides is 2. The fourth-order valence-electron chi connectivity index (χ4n) is 3.26. The monoisotopic (exact) mass is 581 g/mol. The summed E-state index contributed by atoms with van der Waals surface area (Å²) in [5.41, 5.74) is 0.268. The van der Waals surface area contributed by atoms with Crippen molar-refractivity contribution >= 4 is 43.2 Å². The zero-order chi connectivity index (χ0) is 27.9. The first-order chi connectivity index (χ1) is 17.9. The highest BCUT2D eigenvalue weighted by Crippen LogP contribution is 2.26. The highest BCUT2D eigenvalue weighted by molar-refractivity contribution is 7.92. The molecule has 0 radical (unpaired) electrons. The van der Waals surface area contributed by atoms with Crippen LogP contribution >= 0.6 is 11.6 Å². The number of halogens is 1. The van der Waals surface area contributed by atoms with E-state index in [0.717, 1.165) is 8.61 Å². The number of nitrogens with zero attached hydrogens (tertiary/aromatic N) is 2. The maximum Gasteiger partial charge on any atom is 0.264 e. The van der Waals surface area contributed by atoms with Gasteiger partial charge in [-0.15, -0.1) is 0 Å². The van der Waals surface area contributed by atoms with Gasteiger partial charge in [0.15, 0.2) is 0 Å². The van der Waals surface area contributed by atoms with E-state index in [-0.39, 0.29) is 28.6 Å². The Morgan fingerprint density at radius 1 is 0.816 bits per heavy atom. The zero-order valence-electron chi connectivity index (χ0n) is 21.0. The maximum absolute atomic E-state index is 13.4. The van der Waals surface area contributed by atoms with Gasteiger partial charge in [0.05, 0.1) is 29.1 Å². The third-order valence-corrected chi connectivity index (χ3v) is 9.21. The van der Waals surface area contributed by atoms with Gasteiger partial charge in [-0.2, -0.15) is 0 Å². The summed E-state index contributed by atoms with van der Waals surface area (Å²) in [7, 11) is -3.28. The first-order valence-corrected chi connectivity index (χ1v) is 14.6. The van der Waals surface area contributed by atoms with Gasteiger partial charge in [0.25, 0.3) is 10.0 Å². The summed E-state index contributed by atoms with van der Waals surface area (Å²) < 4.78 is 63.9. The average molecular weight is 582 g/mol. The molecule has 0 aromatic heterocycles. The summed E-state index contributed by atoms with van der Waals surface area (Å²) in [5.74, 6) is 0.364. The molecule has 0 saturated heterocycles. The number of anilines is 1. The van der Waals surface area contributed by atoms with Crippen molar-refractivity contribution in [1.29, 1.82) is 0 Å². The van der Waals surface area contributed by atoms with E-state index in [1.807, 2.05) is 0 Å². The Balaban J connectivity index is 1.65. The van der Waals surface area contributed by atoms with Crippen LogP contribution in [-0.2, 0) is 24.8 Å². The molecule has 38 heavy (non-hydrogen) atoms. The molecule has 1 N–H and O–H groups in total. The van der Waals surface area contributed by atoms with Crippen molar-refractivity contribution in [2.75, 3.05) is 45.2 Å². The van der Waals surface area contributed by atoms with E-state index in [0.29, 0.717) is 16.5 Å². The Morgan fingerprint density at radius 3 is 1.87 bits per heavy atom. The van der Waals surface area contributed by atoms with Crippen molar-refractivity contribution in [3.8, 4) is 11.5 Å². The molecule has 10 nitrogen and oxygen atoms in total. The van der Waals surface area contributed by atoms with Crippen molar-refractivity contribution in [1.82, 2.24) is 9.62 Å². The molecular weight excluding hydrogens is 554 g/mol. The fraction of sp³-hybridized carbons (Fsp3) is 0.240. The van der Waals surface area contributed by atoms with Gasteiger partial charge < -0.3 is 14.8 Å². The smallest absolute Gasteiger partial charge is 0.264 e. The Bertz CT molecular complexity index is 1440. The molecule has 0 aliphatic heterocycles. The van der Waals surface area contributed by atoms with E-state index in [4.69, 9.17) is 21.1 Å². The number of hydrogen-bond acceptors (Lipinski definition) is 7. The minimum Gasteiger partial charge on any atom is -0.497 e. The van der Waals surface area contributed by atoms with Gasteiger partial charge in [0.2, 0.25) is 15.9 Å². The van der Waals surface area contributed by atoms with E-state index in [1.165, 1.54) is 94.0 Å². The number of carbonyl (C=O) groups excluding carboxylic acids is 1. The molecule has 0 fully saturated rings. The van der Waals surface area contributed by atoms with Crippen molar-refractivity contribution in [2.24, 2.45) is 0 Å². The molecule has 0 spiro atoms. The highest BCUT2D eigenvalue weighted by Gasteiger charge is 2.27. The summed E-state index contributed by atoms with van der Waals surface area (Å²) in [6.07, 6.45) is 0. The van der Waals surface area contributed by atoms with Crippen LogP contribution in [0.15, 0.2) is 82.6 Å². The van der Waals surface area contributed by atoms with Gasteiger partial charge >= 0.3 is 0 Å². The normalized spacial score (nSPS) is 11.7. The summed E-state index contributed by atoms with van der Waals surface area (Å²) in [4.78, 5) is 12.8. The molecule has 0 heterocycles. The van der Waals surface area contributed by atoms with Gasteiger partial charge in [-0.05, 0) is 72.8 Å². The summed E-state index contributed by atoms with van der Waals surface area (Å²) in [6, 6.07) is 17.8. The molecule has 3 aromatic carbocycles. The van der Waals surface area contributed by atoms with Crippen LogP contribution in [0.4, 0.5) is 5.69 Å². The van der Waals surface area contributed by atoms with Gasteiger partial charge in [-0.25, -0.2) is 21.1 Å². The first kappa shape index (κ1) is 29.2. The second kappa shape index (κ2) is 12.5. The molecule has 0 bridgehead atoms. The molecule has 204 valence electrons. The Hall–Kier alpha value is -3.32. The van der Waals surface area contributed by atoms with Crippen LogP contribution in [0.2, 0.25) is 5.02 Å². The Morgan fingerprint density at radius 2 is 1.34 bits per heavy atom. The van der Waals surface area contributed by atoms with Gasteiger partial charge in [0, 0.05) is 19.1 Å². The molecule has 0 aliphatic carbocycles. The second-order valence-electron chi connectivity index (χ2n) is 8.12. The first-order valence-electron chi connectivity index (χ1n) is 11.3. The number of benzene rings is 3. The average Bonchev–Trinajstić information content (AvgIpc) is 2.90. The van der Waals surface area contributed by atoms with E-state index < -0.39 is 32.5 Å². The highest BCUT2D eigenvalue weighted by atomic mass is 35.5. The Kier molecular flexibility index (Phi) is 9.60. The molecule has 1 amide bonds. The van der Waals surface area contributed by atoms with E-state index in [9.17, 15) is 21.6 Å². The van der Waals surface area contributed by atoms with Crippen molar-refractivity contribution in [2.45, 2.75) is 9.79 Å². The molecular formula is C25H28ClN3O7S2. The van der Waals surface area contributed by atoms with Crippen molar-refractivity contribution in [3.05, 3.63) is 77.8 Å². The van der Waals surface area contributed by atoms with E-state index in [1.54, 1.807) is 0 Å². The third kappa shape index (κ3) is 7.16. The summed E-state index contributed by atoms with van der Waals surface area (Å²) in [5, 5.41) is 3.06. The molecule has 0 saturated carbocycles. The predicted molar refractivity (Wildman–Crippen MR) is 145 cm³/mol. The third-order valence-electron chi connectivity index (χ3n) is 5.34. The number of carbonyl (C=O) groups is 1. The number of nitrogens with one attached hydrogen (secondary N) is 1. The lowest BCUT2D eigenvalue weighted by molar-refractivity contribution is -0.119. The maximum atomic E-state index is 13.4. The number of rotatable bonds is 12. The number of methoxy groups -OCH3 is 1. The van der Waals surface area contributed by atoms with Crippen LogP contribution < -0.4 is 19.1 Å². The minimum atomic E-state index is -4.09. The summed E-state index contributed by atoms with van der Waals surface area (Å²) >= 11 is 5.96. The van der Waals surface area contributed by atoms with E-state index in [2.05, 4.69) is 5.32 Å². The molecule has 3 rings (SSSR count). The van der Waals surface area contributed by atoms with E-state index >= 15 is 0 Å². The lowest BCUT2D eigenvalue weighted by Crippen LogP contribution is -2.41. The van der Waals surface area contributed by atoms with Crippen LogP contribution in [0.5, 0.6) is 11.5 Å².